The molecule has 148 valence electrons. The number of aromatic amines is 1. The Morgan fingerprint density at radius 1 is 1.18 bits per heavy atom. The van der Waals surface area contributed by atoms with Crippen molar-refractivity contribution in [3.8, 4) is 0 Å². The summed E-state index contributed by atoms with van der Waals surface area (Å²) in [5.41, 5.74) is 4.86. The van der Waals surface area contributed by atoms with Crippen LogP contribution in [-0.4, -0.2) is 34.4 Å². The summed E-state index contributed by atoms with van der Waals surface area (Å²) in [6.07, 6.45) is 2.50. The van der Waals surface area contributed by atoms with Gasteiger partial charge in [0.05, 0.1) is 11.4 Å². The maximum Gasteiger partial charge on any atom is 0.316 e. The van der Waals surface area contributed by atoms with Gasteiger partial charge in [-0.15, -0.1) is 11.8 Å². The predicted octanol–water partition coefficient (Wildman–Crippen LogP) is 4.23. The van der Waals surface area contributed by atoms with E-state index in [1.165, 1.54) is 36.2 Å². The highest BCUT2D eigenvalue weighted by Gasteiger charge is 2.26. The SMILES string of the molecule is CC(=O)c1c(C)[nH]c(C(=O)[C@@H](C)OC(=O)CSc2ccc3c(c2)CCC3)c1C. The number of fused-ring (bicyclic) bond motifs is 1. The normalized spacial score (nSPS) is 13.9. The van der Waals surface area contributed by atoms with Crippen LogP contribution >= 0.6 is 11.8 Å². The fraction of sp³-hybridized carbons (Fsp3) is 0.409. The first kappa shape index (κ1) is 20.4. The van der Waals surface area contributed by atoms with E-state index in [9.17, 15) is 14.4 Å². The molecule has 0 amide bonds. The summed E-state index contributed by atoms with van der Waals surface area (Å²) in [6.45, 7) is 6.51. The van der Waals surface area contributed by atoms with Crippen molar-refractivity contribution in [2.75, 3.05) is 5.75 Å². The van der Waals surface area contributed by atoms with Gasteiger partial charge >= 0.3 is 5.97 Å². The quantitative estimate of drug-likeness (QED) is 0.428. The number of rotatable bonds is 7. The van der Waals surface area contributed by atoms with Crippen molar-refractivity contribution in [2.24, 2.45) is 0 Å². The second kappa shape index (κ2) is 8.35. The molecule has 5 nitrogen and oxygen atoms in total. The number of thioether (sulfide) groups is 1. The Balaban J connectivity index is 1.59. The van der Waals surface area contributed by atoms with Gasteiger partial charge in [-0.3, -0.25) is 14.4 Å². The molecule has 6 heteroatoms. The summed E-state index contributed by atoms with van der Waals surface area (Å²) in [5, 5.41) is 0. The number of H-pyrrole nitrogens is 1. The topological polar surface area (TPSA) is 76.2 Å². The van der Waals surface area contributed by atoms with Crippen molar-refractivity contribution in [3.63, 3.8) is 0 Å². The minimum atomic E-state index is -0.912. The molecule has 0 saturated heterocycles. The number of aromatic nitrogens is 1. The van der Waals surface area contributed by atoms with Gasteiger partial charge in [-0.1, -0.05) is 6.07 Å². The van der Waals surface area contributed by atoms with E-state index in [4.69, 9.17) is 4.74 Å². The van der Waals surface area contributed by atoms with Gasteiger partial charge in [0, 0.05) is 16.2 Å². The molecule has 0 aliphatic heterocycles. The molecule has 0 spiro atoms. The standard InChI is InChI=1S/C22H25NO4S/c1-12-20(14(3)24)13(2)23-21(12)22(26)15(4)27-19(25)11-28-18-9-8-16-6-5-7-17(16)10-18/h8-10,15,23H,5-7,11H2,1-4H3/t15-/m1/s1. The van der Waals surface area contributed by atoms with E-state index in [1.54, 1.807) is 20.8 Å². The van der Waals surface area contributed by atoms with Crippen LogP contribution in [0.1, 0.15) is 63.5 Å². The summed E-state index contributed by atoms with van der Waals surface area (Å²) in [6, 6.07) is 6.30. The third-order valence-electron chi connectivity index (χ3n) is 5.14. The number of hydrogen-bond donors (Lipinski definition) is 1. The number of esters is 1. The minimum Gasteiger partial charge on any atom is -0.454 e. The molecule has 0 radical (unpaired) electrons. The van der Waals surface area contributed by atoms with Crippen LogP contribution in [0.2, 0.25) is 0 Å². The summed E-state index contributed by atoms with van der Waals surface area (Å²) in [5.74, 6) is -0.707. The average Bonchev–Trinajstić information content (AvgIpc) is 3.22. The molecule has 0 fully saturated rings. The molecule has 1 aromatic carbocycles. The number of Topliss-reactive ketones (excluding diaryl/α,β-unsaturated/α-hetero) is 2. The monoisotopic (exact) mass is 399 g/mol. The number of carbonyl (C=O) groups excluding carboxylic acids is 3. The van der Waals surface area contributed by atoms with E-state index in [0.717, 1.165) is 17.7 Å². The van der Waals surface area contributed by atoms with E-state index in [0.29, 0.717) is 22.5 Å². The zero-order chi connectivity index (χ0) is 20.4. The van der Waals surface area contributed by atoms with Crippen LogP contribution in [0.25, 0.3) is 0 Å². The number of nitrogens with one attached hydrogen (secondary N) is 1. The highest BCUT2D eigenvalue weighted by Crippen LogP contribution is 2.28. The van der Waals surface area contributed by atoms with Crippen LogP contribution in [0.5, 0.6) is 0 Å². The summed E-state index contributed by atoms with van der Waals surface area (Å²) in [7, 11) is 0. The largest absolute Gasteiger partial charge is 0.454 e. The van der Waals surface area contributed by atoms with Gasteiger partial charge in [0.25, 0.3) is 0 Å². The summed E-state index contributed by atoms with van der Waals surface area (Å²) >= 11 is 1.42. The third-order valence-corrected chi connectivity index (χ3v) is 6.11. The van der Waals surface area contributed by atoms with Crippen molar-refractivity contribution < 1.29 is 19.1 Å². The van der Waals surface area contributed by atoms with Crippen molar-refractivity contribution in [3.05, 3.63) is 51.8 Å². The highest BCUT2D eigenvalue weighted by atomic mass is 32.2. The molecule has 2 aromatic rings. The van der Waals surface area contributed by atoms with Gasteiger partial charge in [-0.2, -0.15) is 0 Å². The molecule has 3 rings (SSSR count). The van der Waals surface area contributed by atoms with Crippen LogP contribution in [0.3, 0.4) is 0 Å². The first-order chi connectivity index (χ1) is 13.3. The third kappa shape index (κ3) is 4.22. The van der Waals surface area contributed by atoms with Gasteiger partial charge in [0.15, 0.2) is 11.9 Å². The molecular formula is C22H25NO4S. The lowest BCUT2D eigenvalue weighted by Crippen LogP contribution is -2.26. The zero-order valence-electron chi connectivity index (χ0n) is 16.7. The van der Waals surface area contributed by atoms with Gasteiger partial charge in [-0.05, 0) is 75.8 Å². The molecule has 0 unspecified atom stereocenters. The van der Waals surface area contributed by atoms with Crippen molar-refractivity contribution in [2.45, 2.75) is 58.0 Å². The predicted molar refractivity (Wildman–Crippen MR) is 109 cm³/mol. The lowest BCUT2D eigenvalue weighted by molar-refractivity contribution is -0.143. The molecule has 1 aromatic heterocycles. The molecule has 0 bridgehead atoms. The van der Waals surface area contributed by atoms with Crippen LogP contribution in [0.4, 0.5) is 0 Å². The molecule has 1 N–H and O–H groups in total. The van der Waals surface area contributed by atoms with Crippen molar-refractivity contribution in [1.82, 2.24) is 4.98 Å². The number of hydrogen-bond acceptors (Lipinski definition) is 5. The Morgan fingerprint density at radius 3 is 2.57 bits per heavy atom. The van der Waals surface area contributed by atoms with Crippen LogP contribution in [0.15, 0.2) is 23.1 Å². The molecule has 28 heavy (non-hydrogen) atoms. The number of aryl methyl sites for hydroxylation is 3. The van der Waals surface area contributed by atoms with E-state index >= 15 is 0 Å². The fourth-order valence-corrected chi connectivity index (χ4v) is 4.54. The van der Waals surface area contributed by atoms with Crippen molar-refractivity contribution in [1.29, 1.82) is 0 Å². The van der Waals surface area contributed by atoms with E-state index in [1.807, 2.05) is 6.07 Å². The fourth-order valence-electron chi connectivity index (χ4n) is 3.79. The summed E-state index contributed by atoms with van der Waals surface area (Å²) in [4.78, 5) is 40.6. The van der Waals surface area contributed by atoms with E-state index in [-0.39, 0.29) is 17.3 Å². The molecule has 1 atom stereocenters. The first-order valence-electron chi connectivity index (χ1n) is 9.46. The van der Waals surface area contributed by atoms with Gasteiger partial charge in [-0.25, -0.2) is 0 Å². The van der Waals surface area contributed by atoms with Gasteiger partial charge in [0.2, 0.25) is 5.78 Å². The number of ether oxygens (including phenoxy) is 1. The Kier molecular flexibility index (Phi) is 6.08. The molecule has 1 aliphatic rings. The van der Waals surface area contributed by atoms with Crippen LogP contribution in [-0.2, 0) is 22.4 Å². The molecule has 0 saturated carbocycles. The van der Waals surface area contributed by atoms with E-state index in [2.05, 4.69) is 17.1 Å². The minimum absolute atomic E-state index is 0.0966. The maximum atomic E-state index is 12.7. The smallest absolute Gasteiger partial charge is 0.316 e. The van der Waals surface area contributed by atoms with Crippen LogP contribution < -0.4 is 0 Å². The maximum absolute atomic E-state index is 12.7. The van der Waals surface area contributed by atoms with E-state index < -0.39 is 12.1 Å². The summed E-state index contributed by atoms with van der Waals surface area (Å²) < 4.78 is 5.33. The van der Waals surface area contributed by atoms with Gasteiger partial charge < -0.3 is 9.72 Å². The Labute approximate surface area is 169 Å². The number of carbonyl (C=O) groups is 3. The Bertz CT molecular complexity index is 944. The lowest BCUT2D eigenvalue weighted by Gasteiger charge is -2.12. The zero-order valence-corrected chi connectivity index (χ0v) is 17.5. The number of benzene rings is 1. The average molecular weight is 400 g/mol. The van der Waals surface area contributed by atoms with Crippen LogP contribution in [0, 0.1) is 13.8 Å². The number of ketones is 2. The second-order valence-corrected chi connectivity index (χ2v) is 8.30. The molecule has 1 aliphatic carbocycles. The van der Waals surface area contributed by atoms with Gasteiger partial charge in [0.1, 0.15) is 0 Å². The Morgan fingerprint density at radius 2 is 1.89 bits per heavy atom. The molecule has 1 heterocycles. The lowest BCUT2D eigenvalue weighted by atomic mass is 10.0. The highest BCUT2D eigenvalue weighted by molar-refractivity contribution is 8.00. The first-order valence-corrected chi connectivity index (χ1v) is 10.4. The van der Waals surface area contributed by atoms with Crippen molar-refractivity contribution >= 4 is 29.3 Å². The second-order valence-electron chi connectivity index (χ2n) is 7.25. The Hall–Kier alpha value is -2.34. The molecular weight excluding hydrogens is 374 g/mol.